The van der Waals surface area contributed by atoms with Crippen molar-refractivity contribution in [1.82, 2.24) is 0 Å². The van der Waals surface area contributed by atoms with Crippen molar-refractivity contribution in [2.24, 2.45) is 11.8 Å². The molecule has 0 aromatic carbocycles. The lowest BCUT2D eigenvalue weighted by Gasteiger charge is -2.19. The number of hydrogen-bond donors (Lipinski definition) is 0. The highest BCUT2D eigenvalue weighted by Gasteiger charge is 2.17. The Morgan fingerprint density at radius 1 is 0.682 bits per heavy atom. The standard InChI is InChI=1S/C21H40O/c1-4-7-9-11-13-15-17-20(6-3)21(19-22)18-16-14-12-10-8-5-2/h6,19-21H,3-5,7-18H2,1-2H3. The summed E-state index contributed by atoms with van der Waals surface area (Å²) < 4.78 is 0. The summed E-state index contributed by atoms with van der Waals surface area (Å²) in [6.07, 6.45) is 21.2. The zero-order valence-electron chi connectivity index (χ0n) is 15.3. The zero-order valence-corrected chi connectivity index (χ0v) is 15.3. The SMILES string of the molecule is C=CC(CCCCCCCC)C(C=O)CCCCCCCC. The van der Waals surface area contributed by atoms with Crippen LogP contribution >= 0.6 is 0 Å². The zero-order chi connectivity index (χ0) is 16.5. The van der Waals surface area contributed by atoms with Gasteiger partial charge in [0.15, 0.2) is 0 Å². The number of unbranched alkanes of at least 4 members (excludes halogenated alkanes) is 10. The van der Waals surface area contributed by atoms with Crippen molar-refractivity contribution in [2.45, 2.75) is 104 Å². The van der Waals surface area contributed by atoms with E-state index in [1.165, 1.54) is 83.3 Å². The van der Waals surface area contributed by atoms with E-state index in [1.807, 2.05) is 6.08 Å². The summed E-state index contributed by atoms with van der Waals surface area (Å²) in [6, 6.07) is 0. The Labute approximate surface area is 140 Å². The molecule has 0 saturated carbocycles. The molecule has 0 amide bonds. The van der Waals surface area contributed by atoms with Crippen LogP contribution in [0.2, 0.25) is 0 Å². The Kier molecular flexibility index (Phi) is 16.3. The lowest BCUT2D eigenvalue weighted by molar-refractivity contribution is -0.112. The highest BCUT2D eigenvalue weighted by molar-refractivity contribution is 5.54. The molecule has 0 N–H and O–H groups in total. The van der Waals surface area contributed by atoms with Crippen molar-refractivity contribution < 1.29 is 4.79 Å². The summed E-state index contributed by atoms with van der Waals surface area (Å²) >= 11 is 0. The van der Waals surface area contributed by atoms with Gasteiger partial charge in [-0.25, -0.2) is 0 Å². The van der Waals surface area contributed by atoms with E-state index in [0.717, 1.165) is 12.8 Å². The van der Waals surface area contributed by atoms with Gasteiger partial charge in [-0.05, 0) is 18.8 Å². The molecular weight excluding hydrogens is 268 g/mol. The van der Waals surface area contributed by atoms with Gasteiger partial charge in [0.1, 0.15) is 6.29 Å². The predicted octanol–water partition coefficient (Wildman–Crippen LogP) is 7.10. The van der Waals surface area contributed by atoms with Gasteiger partial charge in [0, 0.05) is 5.92 Å². The topological polar surface area (TPSA) is 17.1 Å². The second-order valence-corrected chi connectivity index (χ2v) is 6.81. The van der Waals surface area contributed by atoms with Crippen LogP contribution in [0.1, 0.15) is 104 Å². The van der Waals surface area contributed by atoms with Crippen LogP contribution in [-0.4, -0.2) is 6.29 Å². The van der Waals surface area contributed by atoms with E-state index in [1.54, 1.807) is 0 Å². The highest BCUT2D eigenvalue weighted by atomic mass is 16.1. The molecule has 0 rings (SSSR count). The van der Waals surface area contributed by atoms with Crippen LogP contribution in [0.25, 0.3) is 0 Å². The first kappa shape index (κ1) is 21.4. The van der Waals surface area contributed by atoms with Gasteiger partial charge in [0.2, 0.25) is 0 Å². The summed E-state index contributed by atoms with van der Waals surface area (Å²) in [5, 5.41) is 0. The van der Waals surface area contributed by atoms with E-state index in [0.29, 0.717) is 5.92 Å². The summed E-state index contributed by atoms with van der Waals surface area (Å²) in [7, 11) is 0. The summed E-state index contributed by atoms with van der Waals surface area (Å²) in [4.78, 5) is 11.4. The minimum Gasteiger partial charge on any atom is -0.303 e. The number of carbonyl (C=O) groups is 1. The second-order valence-electron chi connectivity index (χ2n) is 6.81. The normalized spacial score (nSPS) is 13.7. The van der Waals surface area contributed by atoms with Gasteiger partial charge >= 0.3 is 0 Å². The van der Waals surface area contributed by atoms with Gasteiger partial charge in [-0.1, -0.05) is 97.0 Å². The Morgan fingerprint density at radius 3 is 1.50 bits per heavy atom. The van der Waals surface area contributed by atoms with Gasteiger partial charge in [0.25, 0.3) is 0 Å². The summed E-state index contributed by atoms with van der Waals surface area (Å²) in [5.41, 5.74) is 0. The third kappa shape index (κ3) is 12.0. The number of rotatable bonds is 17. The van der Waals surface area contributed by atoms with Crippen molar-refractivity contribution in [3.8, 4) is 0 Å². The van der Waals surface area contributed by atoms with Crippen LogP contribution in [0.3, 0.4) is 0 Å². The van der Waals surface area contributed by atoms with E-state index < -0.39 is 0 Å². The lowest BCUT2D eigenvalue weighted by Crippen LogP contribution is -2.14. The lowest BCUT2D eigenvalue weighted by atomic mass is 9.85. The molecule has 0 fully saturated rings. The average Bonchev–Trinajstić information content (AvgIpc) is 2.54. The molecule has 130 valence electrons. The van der Waals surface area contributed by atoms with E-state index in [4.69, 9.17) is 0 Å². The van der Waals surface area contributed by atoms with Crippen LogP contribution in [-0.2, 0) is 4.79 Å². The van der Waals surface area contributed by atoms with Gasteiger partial charge in [-0.3, -0.25) is 0 Å². The fraction of sp³-hybridized carbons (Fsp3) is 0.857. The van der Waals surface area contributed by atoms with E-state index >= 15 is 0 Å². The molecule has 1 heteroatoms. The van der Waals surface area contributed by atoms with E-state index in [-0.39, 0.29) is 5.92 Å². The molecule has 0 saturated heterocycles. The molecule has 0 spiro atoms. The first-order valence-electron chi connectivity index (χ1n) is 9.87. The average molecular weight is 309 g/mol. The molecule has 0 radical (unpaired) electrons. The van der Waals surface area contributed by atoms with Crippen molar-refractivity contribution in [1.29, 1.82) is 0 Å². The molecular formula is C21H40O. The fourth-order valence-electron chi connectivity index (χ4n) is 3.21. The molecule has 1 nitrogen and oxygen atoms in total. The molecule has 0 aliphatic rings. The molecule has 0 aromatic heterocycles. The third-order valence-electron chi connectivity index (χ3n) is 4.81. The summed E-state index contributed by atoms with van der Waals surface area (Å²) in [5.74, 6) is 0.610. The minimum atomic E-state index is 0.208. The largest absolute Gasteiger partial charge is 0.303 e. The highest BCUT2D eigenvalue weighted by Crippen LogP contribution is 2.24. The van der Waals surface area contributed by atoms with Crippen molar-refractivity contribution >= 4 is 6.29 Å². The van der Waals surface area contributed by atoms with Gasteiger partial charge < -0.3 is 4.79 Å². The Morgan fingerprint density at radius 2 is 1.09 bits per heavy atom. The molecule has 0 aliphatic carbocycles. The maximum atomic E-state index is 11.4. The van der Waals surface area contributed by atoms with Crippen molar-refractivity contribution in [3.63, 3.8) is 0 Å². The van der Waals surface area contributed by atoms with Crippen LogP contribution < -0.4 is 0 Å². The Balaban J connectivity index is 3.79. The molecule has 0 bridgehead atoms. The van der Waals surface area contributed by atoms with E-state index in [2.05, 4.69) is 20.4 Å². The molecule has 0 aromatic rings. The smallest absolute Gasteiger partial charge is 0.123 e. The predicted molar refractivity (Wildman–Crippen MR) is 99.2 cm³/mol. The number of hydrogen-bond acceptors (Lipinski definition) is 1. The monoisotopic (exact) mass is 308 g/mol. The maximum absolute atomic E-state index is 11.4. The number of carbonyl (C=O) groups excluding carboxylic acids is 1. The van der Waals surface area contributed by atoms with E-state index in [9.17, 15) is 4.79 Å². The molecule has 2 unspecified atom stereocenters. The van der Waals surface area contributed by atoms with Crippen molar-refractivity contribution in [2.75, 3.05) is 0 Å². The summed E-state index contributed by atoms with van der Waals surface area (Å²) in [6.45, 7) is 8.47. The third-order valence-corrected chi connectivity index (χ3v) is 4.81. The number of aldehydes is 1. The van der Waals surface area contributed by atoms with Gasteiger partial charge in [-0.2, -0.15) is 0 Å². The molecule has 0 aliphatic heterocycles. The Bertz CT molecular complexity index is 220. The maximum Gasteiger partial charge on any atom is 0.123 e. The number of allylic oxidation sites excluding steroid dienone is 1. The minimum absolute atomic E-state index is 0.208. The first-order chi connectivity index (χ1) is 10.8. The quantitative estimate of drug-likeness (QED) is 0.159. The molecule has 22 heavy (non-hydrogen) atoms. The van der Waals surface area contributed by atoms with Crippen LogP contribution in [0.5, 0.6) is 0 Å². The molecule has 2 atom stereocenters. The van der Waals surface area contributed by atoms with Crippen LogP contribution in [0.4, 0.5) is 0 Å². The molecule has 0 heterocycles. The van der Waals surface area contributed by atoms with Crippen LogP contribution in [0.15, 0.2) is 12.7 Å². The second kappa shape index (κ2) is 16.8. The van der Waals surface area contributed by atoms with Crippen LogP contribution in [0, 0.1) is 11.8 Å². The van der Waals surface area contributed by atoms with Gasteiger partial charge in [0.05, 0.1) is 0 Å². The van der Waals surface area contributed by atoms with Gasteiger partial charge in [-0.15, -0.1) is 6.58 Å². The van der Waals surface area contributed by atoms with Crippen molar-refractivity contribution in [3.05, 3.63) is 12.7 Å². The Hall–Kier alpha value is -0.590. The fourth-order valence-corrected chi connectivity index (χ4v) is 3.21. The first-order valence-corrected chi connectivity index (χ1v) is 9.87.